The molecule has 1 aromatic carbocycles. The first-order valence-electron chi connectivity index (χ1n) is 5.09. The highest BCUT2D eigenvalue weighted by Gasteiger charge is 2.15. The Morgan fingerprint density at radius 3 is 2.44 bits per heavy atom. The van der Waals surface area contributed by atoms with Gasteiger partial charge in [0.1, 0.15) is 5.76 Å². The molecule has 2 aromatic rings. The lowest BCUT2D eigenvalue weighted by atomic mass is 10.2. The number of aryl methyl sites for hydroxylation is 1. The van der Waals surface area contributed by atoms with Crippen molar-refractivity contribution in [2.75, 3.05) is 11.1 Å². The second-order valence-electron chi connectivity index (χ2n) is 3.70. The van der Waals surface area contributed by atoms with Gasteiger partial charge in [-0.05, 0) is 25.1 Å². The number of nitrogens with one attached hydrogen (secondary N) is 1. The van der Waals surface area contributed by atoms with Crippen LogP contribution in [-0.4, -0.2) is 5.91 Å². The molecule has 1 amide bonds. The lowest BCUT2D eigenvalue weighted by Gasteiger charge is -2.09. The van der Waals surface area contributed by atoms with E-state index in [1.165, 1.54) is 18.4 Å². The summed E-state index contributed by atoms with van der Waals surface area (Å²) < 4.78 is 5.06. The summed E-state index contributed by atoms with van der Waals surface area (Å²) in [4.78, 5) is 12.0. The number of carbonyl (C=O) groups excluding carboxylic acids is 1. The van der Waals surface area contributed by atoms with Crippen LogP contribution in [0.5, 0.6) is 0 Å². The molecule has 0 spiro atoms. The minimum atomic E-state index is -0.338. The van der Waals surface area contributed by atoms with Gasteiger partial charge >= 0.3 is 0 Å². The molecule has 3 N–H and O–H groups in total. The van der Waals surface area contributed by atoms with Crippen LogP contribution in [0.3, 0.4) is 0 Å². The van der Waals surface area contributed by atoms with E-state index in [9.17, 15) is 4.79 Å². The van der Waals surface area contributed by atoms with Crippen LogP contribution in [0, 0.1) is 6.92 Å². The van der Waals surface area contributed by atoms with Gasteiger partial charge in [-0.3, -0.25) is 4.79 Å². The third kappa shape index (κ3) is 2.44. The lowest BCUT2D eigenvalue weighted by Crippen LogP contribution is -2.13. The molecule has 4 nitrogen and oxygen atoms in total. The number of benzene rings is 1. The van der Waals surface area contributed by atoms with E-state index in [0.717, 1.165) is 0 Å². The minimum Gasteiger partial charge on any atom is -0.469 e. The summed E-state index contributed by atoms with van der Waals surface area (Å²) in [6.45, 7) is 1.70. The summed E-state index contributed by atoms with van der Waals surface area (Å²) in [7, 11) is 0. The fraction of sp³-hybridized carbons (Fsp3) is 0.0833. The van der Waals surface area contributed by atoms with Crippen LogP contribution in [0.25, 0.3) is 0 Å². The summed E-state index contributed by atoms with van der Waals surface area (Å²) in [5.74, 6) is 0.185. The van der Waals surface area contributed by atoms with Crippen molar-refractivity contribution in [2.24, 2.45) is 0 Å². The average molecular weight is 285 g/mol. The highest BCUT2D eigenvalue weighted by atomic mass is 35.5. The van der Waals surface area contributed by atoms with E-state index in [-0.39, 0.29) is 16.0 Å². The minimum absolute atomic E-state index is 0.287. The number of nitrogen functional groups attached to an aromatic ring is 1. The molecule has 1 heterocycles. The Bertz CT molecular complexity index is 585. The summed E-state index contributed by atoms with van der Waals surface area (Å²) >= 11 is 12.0. The van der Waals surface area contributed by atoms with Crippen molar-refractivity contribution < 1.29 is 9.21 Å². The fourth-order valence-electron chi connectivity index (χ4n) is 1.51. The van der Waals surface area contributed by atoms with E-state index < -0.39 is 0 Å². The monoisotopic (exact) mass is 284 g/mol. The van der Waals surface area contributed by atoms with Crippen LogP contribution in [0.2, 0.25) is 10.0 Å². The van der Waals surface area contributed by atoms with Crippen molar-refractivity contribution in [1.82, 2.24) is 0 Å². The van der Waals surface area contributed by atoms with Crippen LogP contribution in [0.4, 0.5) is 11.4 Å². The maximum Gasteiger partial charge on any atom is 0.259 e. The Morgan fingerprint density at radius 1 is 1.33 bits per heavy atom. The van der Waals surface area contributed by atoms with E-state index in [4.69, 9.17) is 33.4 Å². The molecule has 94 valence electrons. The highest BCUT2D eigenvalue weighted by Crippen LogP contribution is 2.33. The van der Waals surface area contributed by atoms with Gasteiger partial charge in [-0.2, -0.15) is 0 Å². The van der Waals surface area contributed by atoms with Gasteiger partial charge in [0.05, 0.1) is 27.6 Å². The van der Waals surface area contributed by atoms with E-state index in [1.807, 2.05) is 0 Å². The number of hydrogen-bond acceptors (Lipinski definition) is 3. The molecular weight excluding hydrogens is 275 g/mol. The van der Waals surface area contributed by atoms with Gasteiger partial charge in [-0.25, -0.2) is 0 Å². The number of rotatable bonds is 2. The van der Waals surface area contributed by atoms with E-state index in [2.05, 4.69) is 5.32 Å². The quantitative estimate of drug-likeness (QED) is 0.826. The number of nitrogens with two attached hydrogens (primary N) is 1. The average Bonchev–Trinajstić information content (AvgIpc) is 2.69. The number of hydrogen-bond donors (Lipinski definition) is 2. The molecule has 0 unspecified atom stereocenters. The summed E-state index contributed by atoms with van der Waals surface area (Å²) in [6, 6.07) is 4.61. The topological polar surface area (TPSA) is 68.3 Å². The van der Waals surface area contributed by atoms with E-state index in [0.29, 0.717) is 22.7 Å². The van der Waals surface area contributed by atoms with Crippen molar-refractivity contribution in [3.8, 4) is 0 Å². The third-order valence-electron chi connectivity index (χ3n) is 2.41. The van der Waals surface area contributed by atoms with Gasteiger partial charge in [-0.15, -0.1) is 0 Å². The smallest absolute Gasteiger partial charge is 0.259 e. The molecule has 0 radical (unpaired) electrons. The van der Waals surface area contributed by atoms with Gasteiger partial charge in [0.15, 0.2) is 0 Å². The molecule has 0 saturated heterocycles. The summed E-state index contributed by atoms with van der Waals surface area (Å²) in [5, 5.41) is 3.20. The third-order valence-corrected chi connectivity index (χ3v) is 3.00. The predicted octanol–water partition coefficient (Wildman–Crippen LogP) is 3.73. The maximum absolute atomic E-state index is 12.0. The first kappa shape index (κ1) is 12.8. The van der Waals surface area contributed by atoms with Crippen LogP contribution in [-0.2, 0) is 0 Å². The highest BCUT2D eigenvalue weighted by molar-refractivity contribution is 6.40. The molecule has 0 bridgehead atoms. The van der Waals surface area contributed by atoms with Crippen molar-refractivity contribution in [1.29, 1.82) is 0 Å². The largest absolute Gasteiger partial charge is 0.469 e. The van der Waals surface area contributed by atoms with Crippen LogP contribution < -0.4 is 11.1 Å². The van der Waals surface area contributed by atoms with Crippen LogP contribution in [0.1, 0.15) is 16.1 Å². The van der Waals surface area contributed by atoms with Crippen LogP contribution in [0.15, 0.2) is 28.9 Å². The summed E-state index contributed by atoms with van der Waals surface area (Å²) in [6.07, 6.45) is 1.44. The zero-order chi connectivity index (χ0) is 13.3. The Balaban J connectivity index is 2.31. The van der Waals surface area contributed by atoms with Gasteiger partial charge < -0.3 is 15.5 Å². The first-order chi connectivity index (χ1) is 8.49. The lowest BCUT2D eigenvalue weighted by molar-refractivity contribution is 0.102. The molecule has 0 aliphatic rings. The molecule has 1 aromatic heterocycles. The van der Waals surface area contributed by atoms with E-state index in [1.54, 1.807) is 13.0 Å². The maximum atomic E-state index is 12.0. The SMILES string of the molecule is Cc1occc1C(=O)Nc1c(Cl)cc(N)cc1Cl. The number of furan rings is 1. The molecule has 0 fully saturated rings. The van der Waals surface area contributed by atoms with Gasteiger partial charge in [0.2, 0.25) is 0 Å². The zero-order valence-electron chi connectivity index (χ0n) is 9.46. The van der Waals surface area contributed by atoms with Crippen molar-refractivity contribution >= 4 is 40.5 Å². The fourth-order valence-corrected chi connectivity index (χ4v) is 2.11. The Kier molecular flexibility index (Phi) is 3.50. The molecule has 18 heavy (non-hydrogen) atoms. The number of carbonyl (C=O) groups is 1. The summed E-state index contributed by atoms with van der Waals surface area (Å²) in [5.41, 5.74) is 6.78. The normalized spacial score (nSPS) is 10.4. The van der Waals surface area contributed by atoms with Crippen molar-refractivity contribution in [3.63, 3.8) is 0 Å². The first-order valence-corrected chi connectivity index (χ1v) is 5.84. The van der Waals surface area contributed by atoms with Gasteiger partial charge in [-0.1, -0.05) is 23.2 Å². The van der Waals surface area contributed by atoms with Crippen molar-refractivity contribution in [3.05, 3.63) is 45.8 Å². The standard InChI is InChI=1S/C12H10Cl2N2O2/c1-6-8(2-3-18-6)12(17)16-11-9(13)4-7(15)5-10(11)14/h2-5H,15H2,1H3,(H,16,17). The number of anilines is 2. The van der Waals surface area contributed by atoms with Gasteiger partial charge in [0.25, 0.3) is 5.91 Å². The van der Waals surface area contributed by atoms with E-state index >= 15 is 0 Å². The molecule has 0 atom stereocenters. The molecular formula is C12H10Cl2N2O2. The number of amides is 1. The van der Waals surface area contributed by atoms with Crippen molar-refractivity contribution in [2.45, 2.75) is 6.92 Å². The Morgan fingerprint density at radius 2 is 1.94 bits per heavy atom. The Hall–Kier alpha value is -1.65. The second kappa shape index (κ2) is 4.92. The number of halogens is 2. The Labute approximate surface area is 114 Å². The molecule has 2 rings (SSSR count). The zero-order valence-corrected chi connectivity index (χ0v) is 11.0. The molecule has 0 saturated carbocycles. The molecule has 6 heteroatoms. The second-order valence-corrected chi connectivity index (χ2v) is 4.52. The van der Waals surface area contributed by atoms with Gasteiger partial charge in [0, 0.05) is 5.69 Å². The molecule has 0 aliphatic carbocycles. The van der Waals surface area contributed by atoms with Crippen LogP contribution >= 0.6 is 23.2 Å². The molecule has 0 aliphatic heterocycles. The predicted molar refractivity (Wildman–Crippen MR) is 72.3 cm³/mol.